The summed E-state index contributed by atoms with van der Waals surface area (Å²) in [6.07, 6.45) is -1.27. The van der Waals surface area contributed by atoms with Gasteiger partial charge in [-0.15, -0.1) is 0 Å². The molecule has 2 atom stereocenters. The number of amides is 2. The van der Waals surface area contributed by atoms with E-state index in [-0.39, 0.29) is 18.3 Å². The lowest BCUT2D eigenvalue weighted by Gasteiger charge is -2.32. The molecule has 1 aliphatic rings. The van der Waals surface area contributed by atoms with E-state index in [0.717, 1.165) is 25.7 Å². The summed E-state index contributed by atoms with van der Waals surface area (Å²) < 4.78 is 43.2. The predicted molar refractivity (Wildman–Crippen MR) is 123 cm³/mol. The number of ether oxygens (including phenoxy) is 1. The lowest BCUT2D eigenvalue weighted by Crippen LogP contribution is -2.47. The number of halogens is 3. The highest BCUT2D eigenvalue weighted by molar-refractivity contribution is 5.94. The van der Waals surface area contributed by atoms with Crippen molar-refractivity contribution in [2.24, 2.45) is 17.6 Å². The molecule has 1 fully saturated rings. The maximum absolute atomic E-state index is 13.1. The third-order valence-corrected chi connectivity index (χ3v) is 5.65. The van der Waals surface area contributed by atoms with E-state index in [1.807, 2.05) is 20.8 Å². The molecule has 2 rings (SSSR count). The fourth-order valence-corrected chi connectivity index (χ4v) is 3.74. The molecule has 0 saturated heterocycles. The van der Waals surface area contributed by atoms with Crippen LogP contribution in [0, 0.1) is 11.8 Å². The minimum atomic E-state index is -4.48. The fourth-order valence-electron chi connectivity index (χ4n) is 3.74. The van der Waals surface area contributed by atoms with Crippen LogP contribution in [-0.2, 0) is 16.1 Å². The van der Waals surface area contributed by atoms with Crippen LogP contribution in [0.4, 0.5) is 23.8 Å². The molecule has 1 aromatic rings. The number of alkyl carbamates (subject to hydrolysis) is 1. The number of anilines is 1. The molecule has 11 heteroatoms. The van der Waals surface area contributed by atoms with Gasteiger partial charge in [0.05, 0.1) is 0 Å². The van der Waals surface area contributed by atoms with Gasteiger partial charge in [-0.25, -0.2) is 9.78 Å². The van der Waals surface area contributed by atoms with Crippen LogP contribution in [0.5, 0.6) is 0 Å². The number of alkyl halides is 3. The summed E-state index contributed by atoms with van der Waals surface area (Å²) in [5.74, 6) is 0.175. The summed E-state index contributed by atoms with van der Waals surface area (Å²) in [4.78, 5) is 29.6. The first kappa shape index (κ1) is 27.8. The molecule has 8 nitrogen and oxygen atoms in total. The summed E-state index contributed by atoms with van der Waals surface area (Å²) in [5.41, 5.74) is 5.20. The normalized spacial score (nSPS) is 20.8. The minimum Gasteiger partial charge on any atom is -0.436 e. The third-order valence-electron chi connectivity index (χ3n) is 5.65. The lowest BCUT2D eigenvalue weighted by atomic mass is 9.80. The van der Waals surface area contributed by atoms with Gasteiger partial charge in [0.1, 0.15) is 11.9 Å². The number of hydrogen-bond donors (Lipinski definition) is 4. The van der Waals surface area contributed by atoms with Crippen LogP contribution in [0.2, 0.25) is 0 Å². The van der Waals surface area contributed by atoms with Crippen molar-refractivity contribution in [3.63, 3.8) is 0 Å². The van der Waals surface area contributed by atoms with E-state index in [9.17, 15) is 22.8 Å². The smallest absolute Gasteiger partial charge is 0.408 e. The zero-order valence-corrected chi connectivity index (χ0v) is 20.2. The topological polar surface area (TPSA) is 118 Å². The Labute approximate surface area is 198 Å². The van der Waals surface area contributed by atoms with Crippen LogP contribution < -0.4 is 21.7 Å². The average molecular weight is 488 g/mol. The van der Waals surface area contributed by atoms with Gasteiger partial charge in [0, 0.05) is 30.7 Å². The molecule has 34 heavy (non-hydrogen) atoms. The Morgan fingerprint density at radius 3 is 2.44 bits per heavy atom. The number of aromatic nitrogens is 1. The van der Waals surface area contributed by atoms with Crippen molar-refractivity contribution in [1.29, 1.82) is 0 Å². The number of nitrogens with zero attached hydrogens (tertiary/aromatic N) is 1. The van der Waals surface area contributed by atoms with E-state index < -0.39 is 42.4 Å². The molecule has 0 bridgehead atoms. The molecule has 0 aromatic carbocycles. The lowest BCUT2D eigenvalue weighted by molar-refractivity contribution is -0.146. The van der Waals surface area contributed by atoms with Crippen LogP contribution in [0.15, 0.2) is 18.3 Å². The molecule has 1 heterocycles. The predicted octanol–water partition coefficient (Wildman–Crippen LogP) is 3.72. The van der Waals surface area contributed by atoms with E-state index >= 15 is 0 Å². The number of nitrogens with one attached hydrogen (secondary N) is 3. The zero-order valence-electron chi connectivity index (χ0n) is 20.2. The molecular formula is C23H36F3N5O3. The molecule has 192 valence electrons. The standard InChI is InChI=1S/C23H36F3N5O3/c1-14-5-7-16(8-6-14)19(34-21(33)31-22(2,3)4)20(32)30-18-11-15(9-10-29-18)12-28-13-17(27)23(24,25)26/h9-11,14,16-17,19,28H,5-8,12-13,27H2,1-4H3,(H,31,33)(H,29,30,32)/t14?,16?,17-,19?/m0/s1. The van der Waals surface area contributed by atoms with Gasteiger partial charge in [0.2, 0.25) is 0 Å². The first-order chi connectivity index (χ1) is 15.7. The number of hydrogen-bond acceptors (Lipinski definition) is 6. The highest BCUT2D eigenvalue weighted by Gasteiger charge is 2.36. The van der Waals surface area contributed by atoms with Gasteiger partial charge < -0.3 is 26.4 Å². The van der Waals surface area contributed by atoms with Gasteiger partial charge in [-0.05, 0) is 57.2 Å². The maximum Gasteiger partial charge on any atom is 0.408 e. The van der Waals surface area contributed by atoms with Gasteiger partial charge in [-0.1, -0.05) is 19.8 Å². The summed E-state index contributed by atoms with van der Waals surface area (Å²) in [5, 5.41) is 8.06. The molecule has 0 aliphatic heterocycles. The quantitative estimate of drug-likeness (QED) is 0.444. The number of rotatable bonds is 8. The Morgan fingerprint density at radius 1 is 1.21 bits per heavy atom. The molecule has 1 aliphatic carbocycles. The Balaban J connectivity index is 2.04. The Hall–Kier alpha value is -2.40. The minimum absolute atomic E-state index is 0.115. The van der Waals surface area contributed by atoms with E-state index in [1.165, 1.54) is 6.20 Å². The first-order valence-electron chi connectivity index (χ1n) is 11.5. The Morgan fingerprint density at radius 2 is 1.85 bits per heavy atom. The Bertz CT molecular complexity index is 821. The largest absolute Gasteiger partial charge is 0.436 e. The molecular weight excluding hydrogens is 451 g/mol. The SMILES string of the molecule is CC1CCC(C(OC(=O)NC(C)(C)C)C(=O)Nc2cc(CNC[C@H](N)C(F)(F)F)ccn2)CC1. The van der Waals surface area contributed by atoms with Crippen molar-refractivity contribution in [1.82, 2.24) is 15.6 Å². The van der Waals surface area contributed by atoms with Crippen molar-refractivity contribution >= 4 is 17.8 Å². The second-order valence-corrected chi connectivity index (χ2v) is 10.0. The number of pyridine rings is 1. The molecule has 0 spiro atoms. The van der Waals surface area contributed by atoms with Crippen LogP contribution in [0.3, 0.4) is 0 Å². The molecule has 0 radical (unpaired) electrons. The van der Waals surface area contributed by atoms with Crippen LogP contribution in [0.25, 0.3) is 0 Å². The van der Waals surface area contributed by atoms with Gasteiger partial charge in [0.25, 0.3) is 5.91 Å². The second-order valence-electron chi connectivity index (χ2n) is 10.0. The van der Waals surface area contributed by atoms with Crippen molar-refractivity contribution in [2.75, 3.05) is 11.9 Å². The highest BCUT2D eigenvalue weighted by Crippen LogP contribution is 2.32. The van der Waals surface area contributed by atoms with Gasteiger partial charge in [-0.2, -0.15) is 13.2 Å². The first-order valence-corrected chi connectivity index (χ1v) is 11.5. The van der Waals surface area contributed by atoms with Crippen molar-refractivity contribution in [3.05, 3.63) is 23.9 Å². The maximum atomic E-state index is 13.1. The zero-order chi connectivity index (χ0) is 25.5. The molecule has 2 amide bonds. The Kier molecular flexibility index (Phi) is 9.69. The molecule has 1 saturated carbocycles. The van der Waals surface area contributed by atoms with Gasteiger partial charge in [-0.3, -0.25) is 4.79 Å². The fraction of sp³-hybridized carbons (Fsp3) is 0.696. The van der Waals surface area contributed by atoms with Crippen LogP contribution in [0.1, 0.15) is 58.9 Å². The second kappa shape index (κ2) is 11.8. The van der Waals surface area contributed by atoms with Gasteiger partial charge >= 0.3 is 12.3 Å². The number of nitrogens with two attached hydrogens (primary N) is 1. The number of carbonyl (C=O) groups is 2. The summed E-state index contributed by atoms with van der Waals surface area (Å²) >= 11 is 0. The van der Waals surface area contributed by atoms with Crippen LogP contribution in [-0.4, -0.2) is 47.4 Å². The average Bonchev–Trinajstić information content (AvgIpc) is 2.71. The molecule has 5 N–H and O–H groups in total. The molecule has 1 unspecified atom stereocenters. The number of carbonyl (C=O) groups excluding carboxylic acids is 2. The van der Waals surface area contributed by atoms with Crippen molar-refractivity contribution in [2.45, 2.75) is 83.8 Å². The van der Waals surface area contributed by atoms with E-state index in [0.29, 0.717) is 11.5 Å². The monoisotopic (exact) mass is 487 g/mol. The summed E-state index contributed by atoms with van der Waals surface area (Å²) in [7, 11) is 0. The third kappa shape index (κ3) is 9.46. The summed E-state index contributed by atoms with van der Waals surface area (Å²) in [6, 6.07) is 1.21. The van der Waals surface area contributed by atoms with Gasteiger partial charge in [0.15, 0.2) is 6.10 Å². The summed E-state index contributed by atoms with van der Waals surface area (Å²) in [6.45, 7) is 7.28. The molecule has 1 aromatic heterocycles. The van der Waals surface area contributed by atoms with E-state index in [1.54, 1.807) is 12.1 Å². The van der Waals surface area contributed by atoms with E-state index in [4.69, 9.17) is 10.5 Å². The highest BCUT2D eigenvalue weighted by atomic mass is 19.4. The van der Waals surface area contributed by atoms with Crippen molar-refractivity contribution < 1.29 is 27.5 Å². The van der Waals surface area contributed by atoms with Crippen LogP contribution >= 0.6 is 0 Å². The van der Waals surface area contributed by atoms with Crippen molar-refractivity contribution in [3.8, 4) is 0 Å². The van der Waals surface area contributed by atoms with E-state index in [2.05, 4.69) is 27.9 Å².